The fourth-order valence-electron chi connectivity index (χ4n) is 2.32. The highest BCUT2D eigenvalue weighted by Crippen LogP contribution is 2.33. The summed E-state index contributed by atoms with van der Waals surface area (Å²) in [7, 11) is 1.82. The zero-order valence-corrected chi connectivity index (χ0v) is 9.52. The lowest BCUT2D eigenvalue weighted by Gasteiger charge is -2.33. The Bertz CT molecular complexity index is 138. The first-order valence-corrected chi connectivity index (χ1v) is 5.90. The average Bonchev–Trinajstić information content (AvgIpc) is 2.18. The van der Waals surface area contributed by atoms with Crippen LogP contribution in [0.25, 0.3) is 0 Å². The van der Waals surface area contributed by atoms with E-state index >= 15 is 0 Å². The van der Waals surface area contributed by atoms with Gasteiger partial charge in [-0.15, -0.1) is 11.6 Å². The Kier molecular flexibility index (Phi) is 5.12. The van der Waals surface area contributed by atoms with Crippen LogP contribution in [0, 0.1) is 5.92 Å². The van der Waals surface area contributed by atoms with Crippen LogP contribution >= 0.6 is 11.6 Å². The molecule has 1 saturated carbocycles. The molecule has 78 valence electrons. The average molecular weight is 205 g/mol. The third kappa shape index (κ3) is 3.14. The molecule has 0 heterocycles. The minimum atomic E-state index is 0.329. The van der Waals surface area contributed by atoms with Gasteiger partial charge in [0.25, 0.3) is 0 Å². The minimum absolute atomic E-state index is 0.329. The van der Waals surface area contributed by atoms with Crippen LogP contribution < -0.4 is 0 Å². The summed E-state index contributed by atoms with van der Waals surface area (Å²) in [5.74, 6) is 0.598. The van der Waals surface area contributed by atoms with Gasteiger partial charge in [-0.05, 0) is 19.3 Å². The largest absolute Gasteiger partial charge is 0.381 e. The van der Waals surface area contributed by atoms with E-state index in [9.17, 15) is 0 Å². The van der Waals surface area contributed by atoms with E-state index in [1.807, 2.05) is 7.11 Å². The summed E-state index contributed by atoms with van der Waals surface area (Å²) in [6.45, 7) is 2.19. The van der Waals surface area contributed by atoms with Crippen molar-refractivity contribution in [1.82, 2.24) is 0 Å². The lowest BCUT2D eigenvalue weighted by Crippen LogP contribution is -2.33. The number of methoxy groups -OCH3 is 1. The summed E-state index contributed by atoms with van der Waals surface area (Å²) in [4.78, 5) is 0. The minimum Gasteiger partial charge on any atom is -0.381 e. The van der Waals surface area contributed by atoms with Crippen molar-refractivity contribution in [3.63, 3.8) is 0 Å². The molecule has 0 aliphatic heterocycles. The number of hydrogen-bond acceptors (Lipinski definition) is 1. The van der Waals surface area contributed by atoms with Crippen LogP contribution in [0.15, 0.2) is 0 Å². The summed E-state index contributed by atoms with van der Waals surface area (Å²) in [6, 6.07) is 0. The van der Waals surface area contributed by atoms with E-state index in [1.54, 1.807) is 0 Å². The van der Waals surface area contributed by atoms with E-state index < -0.39 is 0 Å². The van der Waals surface area contributed by atoms with E-state index in [2.05, 4.69) is 6.92 Å². The number of rotatable bonds is 4. The monoisotopic (exact) mass is 204 g/mol. The van der Waals surface area contributed by atoms with E-state index in [1.165, 1.54) is 32.1 Å². The van der Waals surface area contributed by atoms with E-state index in [0.29, 0.717) is 17.4 Å². The molecule has 0 amide bonds. The molecule has 0 aromatic carbocycles. The Morgan fingerprint density at radius 3 is 2.69 bits per heavy atom. The molecule has 1 rings (SSSR count). The Morgan fingerprint density at radius 2 is 2.08 bits per heavy atom. The summed E-state index contributed by atoms with van der Waals surface area (Å²) in [6.07, 6.45) is 7.83. The number of ether oxygens (including phenoxy) is 1. The van der Waals surface area contributed by atoms with Crippen molar-refractivity contribution < 1.29 is 4.74 Å². The molecule has 3 unspecified atom stereocenters. The fraction of sp³-hybridized carbons (Fsp3) is 1.00. The van der Waals surface area contributed by atoms with Gasteiger partial charge < -0.3 is 4.74 Å². The Morgan fingerprint density at radius 1 is 1.38 bits per heavy atom. The predicted octanol–water partition coefficient (Wildman–Crippen LogP) is 3.60. The van der Waals surface area contributed by atoms with Crippen LogP contribution in [0.1, 0.15) is 45.4 Å². The second-order valence-corrected chi connectivity index (χ2v) is 4.59. The van der Waals surface area contributed by atoms with Crippen LogP contribution in [-0.4, -0.2) is 18.6 Å². The number of halogens is 1. The summed E-state index contributed by atoms with van der Waals surface area (Å²) >= 11 is 6.35. The highest BCUT2D eigenvalue weighted by molar-refractivity contribution is 6.20. The molecule has 0 radical (unpaired) electrons. The van der Waals surface area contributed by atoms with Crippen LogP contribution in [0.5, 0.6) is 0 Å². The van der Waals surface area contributed by atoms with Crippen LogP contribution in [0.3, 0.4) is 0 Å². The van der Waals surface area contributed by atoms with Gasteiger partial charge in [0, 0.05) is 18.4 Å². The van der Waals surface area contributed by atoms with Gasteiger partial charge in [-0.2, -0.15) is 0 Å². The molecule has 1 aliphatic carbocycles. The molecular weight excluding hydrogens is 184 g/mol. The Labute approximate surface area is 86.8 Å². The third-order valence-corrected chi connectivity index (χ3v) is 3.63. The highest BCUT2D eigenvalue weighted by Gasteiger charge is 2.30. The molecule has 3 atom stereocenters. The predicted molar refractivity (Wildman–Crippen MR) is 57.3 cm³/mol. The van der Waals surface area contributed by atoms with Gasteiger partial charge in [0.2, 0.25) is 0 Å². The standard InChI is InChI=1S/C11H21ClO/c1-3-6-10(12)9-7-4-5-8-11(9)13-2/h9-11H,3-8H2,1-2H3. The lowest BCUT2D eigenvalue weighted by molar-refractivity contribution is 0.0212. The molecule has 0 bridgehead atoms. The molecule has 13 heavy (non-hydrogen) atoms. The molecule has 0 saturated heterocycles. The summed E-state index contributed by atoms with van der Waals surface area (Å²) in [5.41, 5.74) is 0. The van der Waals surface area contributed by atoms with Crippen LogP contribution in [0.4, 0.5) is 0 Å². The topological polar surface area (TPSA) is 9.23 Å². The molecule has 1 aliphatic rings. The van der Waals surface area contributed by atoms with Crippen molar-refractivity contribution in [3.8, 4) is 0 Å². The van der Waals surface area contributed by atoms with Crippen LogP contribution in [-0.2, 0) is 4.74 Å². The molecule has 2 heteroatoms. The van der Waals surface area contributed by atoms with Gasteiger partial charge in [0.05, 0.1) is 6.10 Å². The maximum atomic E-state index is 6.35. The van der Waals surface area contributed by atoms with Gasteiger partial charge in [0.1, 0.15) is 0 Å². The molecule has 0 N–H and O–H groups in total. The third-order valence-electron chi connectivity index (χ3n) is 3.09. The van der Waals surface area contributed by atoms with Crippen molar-refractivity contribution in [1.29, 1.82) is 0 Å². The lowest BCUT2D eigenvalue weighted by atomic mass is 9.83. The fourth-order valence-corrected chi connectivity index (χ4v) is 2.83. The first-order valence-electron chi connectivity index (χ1n) is 5.46. The molecular formula is C11H21ClO. The van der Waals surface area contributed by atoms with Crippen molar-refractivity contribution in [2.45, 2.75) is 56.9 Å². The van der Waals surface area contributed by atoms with Gasteiger partial charge in [-0.1, -0.05) is 26.2 Å². The SMILES string of the molecule is CCCC(Cl)C1CCCCC1OC. The van der Waals surface area contributed by atoms with Gasteiger partial charge >= 0.3 is 0 Å². The van der Waals surface area contributed by atoms with E-state index in [0.717, 1.165) is 6.42 Å². The highest BCUT2D eigenvalue weighted by atomic mass is 35.5. The van der Waals surface area contributed by atoms with Crippen molar-refractivity contribution in [2.75, 3.05) is 7.11 Å². The molecule has 1 nitrogen and oxygen atoms in total. The zero-order chi connectivity index (χ0) is 9.68. The smallest absolute Gasteiger partial charge is 0.0613 e. The zero-order valence-electron chi connectivity index (χ0n) is 8.76. The van der Waals surface area contributed by atoms with Crippen molar-refractivity contribution in [3.05, 3.63) is 0 Å². The first-order chi connectivity index (χ1) is 6.29. The summed E-state index contributed by atoms with van der Waals surface area (Å²) in [5, 5.41) is 0.329. The quantitative estimate of drug-likeness (QED) is 0.636. The normalized spacial score (nSPS) is 31.6. The second-order valence-electron chi connectivity index (χ2n) is 4.03. The maximum Gasteiger partial charge on any atom is 0.0613 e. The number of hydrogen-bond donors (Lipinski definition) is 0. The van der Waals surface area contributed by atoms with Crippen LogP contribution in [0.2, 0.25) is 0 Å². The van der Waals surface area contributed by atoms with Gasteiger partial charge in [-0.25, -0.2) is 0 Å². The number of alkyl halides is 1. The molecule has 1 fully saturated rings. The Hall–Kier alpha value is 0.250. The Balaban J connectivity index is 2.43. The molecule has 0 aromatic rings. The van der Waals surface area contributed by atoms with Crippen molar-refractivity contribution >= 4 is 11.6 Å². The molecule has 0 aromatic heterocycles. The molecule has 0 spiro atoms. The maximum absolute atomic E-state index is 6.35. The second kappa shape index (κ2) is 5.87. The van der Waals surface area contributed by atoms with Crippen molar-refractivity contribution in [2.24, 2.45) is 5.92 Å². The van der Waals surface area contributed by atoms with Gasteiger partial charge in [0.15, 0.2) is 0 Å². The van der Waals surface area contributed by atoms with E-state index in [-0.39, 0.29) is 0 Å². The first kappa shape index (κ1) is 11.3. The van der Waals surface area contributed by atoms with E-state index in [4.69, 9.17) is 16.3 Å². The summed E-state index contributed by atoms with van der Waals surface area (Å²) < 4.78 is 5.49. The van der Waals surface area contributed by atoms with Gasteiger partial charge in [-0.3, -0.25) is 0 Å².